The van der Waals surface area contributed by atoms with Crippen LogP contribution in [0.2, 0.25) is 5.02 Å². The summed E-state index contributed by atoms with van der Waals surface area (Å²) >= 11 is 5.89. The molecule has 2 N–H and O–H groups in total. The van der Waals surface area contributed by atoms with Gasteiger partial charge in [0.15, 0.2) is 0 Å². The van der Waals surface area contributed by atoms with Crippen LogP contribution in [0.1, 0.15) is 23.1 Å². The minimum absolute atomic E-state index is 0.186. The molecular weight excluding hydrogens is 261 g/mol. The van der Waals surface area contributed by atoms with Crippen LogP contribution >= 0.6 is 11.6 Å². The second kappa shape index (κ2) is 4.62. The van der Waals surface area contributed by atoms with Crippen molar-refractivity contribution >= 4 is 11.6 Å². The molecule has 19 heavy (non-hydrogen) atoms. The number of nitrogens with two attached hydrogens (primary N) is 1. The third-order valence-electron chi connectivity index (χ3n) is 3.88. The molecule has 1 aliphatic rings. The Hall–Kier alpha value is -1.38. The summed E-state index contributed by atoms with van der Waals surface area (Å²) in [6.07, 6.45) is 2.45. The maximum absolute atomic E-state index is 13.2. The van der Waals surface area contributed by atoms with Crippen LogP contribution in [0, 0.1) is 5.82 Å². The molecule has 0 aromatic heterocycles. The zero-order chi connectivity index (χ0) is 13.5. The minimum Gasteiger partial charge on any atom is -0.321 e. The molecule has 98 valence electrons. The van der Waals surface area contributed by atoms with E-state index in [-0.39, 0.29) is 5.82 Å². The molecule has 0 radical (unpaired) electrons. The molecule has 1 aliphatic carbocycles. The molecular formula is C16H15ClFN. The van der Waals surface area contributed by atoms with Gasteiger partial charge in [0, 0.05) is 10.6 Å². The summed E-state index contributed by atoms with van der Waals surface area (Å²) in [4.78, 5) is 0. The Morgan fingerprint density at radius 1 is 1.16 bits per heavy atom. The fraction of sp³-hybridized carbons (Fsp3) is 0.250. The molecule has 3 heteroatoms. The van der Waals surface area contributed by atoms with Crippen molar-refractivity contribution in [3.05, 3.63) is 70.0 Å². The Labute approximate surface area is 117 Å². The lowest BCUT2D eigenvalue weighted by Gasteiger charge is -2.25. The van der Waals surface area contributed by atoms with Crippen molar-refractivity contribution < 1.29 is 4.39 Å². The number of halogens is 2. The van der Waals surface area contributed by atoms with E-state index in [1.165, 1.54) is 6.07 Å². The summed E-state index contributed by atoms with van der Waals surface area (Å²) in [5.74, 6) is -0.186. The first-order chi connectivity index (χ1) is 9.07. The fourth-order valence-electron chi connectivity index (χ4n) is 2.90. The number of benzene rings is 2. The highest BCUT2D eigenvalue weighted by molar-refractivity contribution is 6.30. The second-order valence-electron chi connectivity index (χ2n) is 5.26. The lowest BCUT2D eigenvalue weighted by molar-refractivity contribution is 0.439. The number of hydrogen-bond acceptors (Lipinski definition) is 1. The zero-order valence-corrected chi connectivity index (χ0v) is 11.3. The van der Waals surface area contributed by atoms with Crippen molar-refractivity contribution in [2.24, 2.45) is 5.73 Å². The standard InChI is InChI=1S/C16H15ClFN/c17-13-3-1-11(2-4-13)10-16(19)8-7-12-9-14(18)5-6-15(12)16/h1-6,9H,7-8,10,19H2. The molecule has 1 atom stereocenters. The maximum Gasteiger partial charge on any atom is 0.123 e. The zero-order valence-electron chi connectivity index (χ0n) is 10.5. The van der Waals surface area contributed by atoms with E-state index < -0.39 is 5.54 Å². The molecule has 0 spiro atoms. The van der Waals surface area contributed by atoms with Crippen LogP contribution in [-0.4, -0.2) is 0 Å². The largest absolute Gasteiger partial charge is 0.321 e. The van der Waals surface area contributed by atoms with Gasteiger partial charge in [0.1, 0.15) is 5.82 Å². The van der Waals surface area contributed by atoms with Crippen molar-refractivity contribution in [3.63, 3.8) is 0 Å². The van der Waals surface area contributed by atoms with Crippen LogP contribution in [0.15, 0.2) is 42.5 Å². The number of rotatable bonds is 2. The van der Waals surface area contributed by atoms with Crippen LogP contribution < -0.4 is 5.73 Å². The van der Waals surface area contributed by atoms with Gasteiger partial charge in [-0.25, -0.2) is 4.39 Å². The summed E-state index contributed by atoms with van der Waals surface area (Å²) in [6.45, 7) is 0. The average molecular weight is 276 g/mol. The molecule has 2 aromatic carbocycles. The summed E-state index contributed by atoms with van der Waals surface area (Å²) in [5, 5.41) is 0.726. The normalized spacial score (nSPS) is 21.4. The van der Waals surface area contributed by atoms with Crippen molar-refractivity contribution in [3.8, 4) is 0 Å². The summed E-state index contributed by atoms with van der Waals surface area (Å²) in [6, 6.07) is 12.7. The highest BCUT2D eigenvalue weighted by Gasteiger charge is 2.35. The molecule has 0 amide bonds. The van der Waals surface area contributed by atoms with Gasteiger partial charge < -0.3 is 5.73 Å². The van der Waals surface area contributed by atoms with Gasteiger partial charge in [0.25, 0.3) is 0 Å². The average Bonchev–Trinajstić information content (AvgIpc) is 2.69. The Bertz CT molecular complexity index is 609. The van der Waals surface area contributed by atoms with Crippen molar-refractivity contribution in [1.82, 2.24) is 0 Å². The lowest BCUT2D eigenvalue weighted by atomic mass is 9.86. The third-order valence-corrected chi connectivity index (χ3v) is 4.13. The van der Waals surface area contributed by atoms with Gasteiger partial charge in [-0.2, -0.15) is 0 Å². The fourth-order valence-corrected chi connectivity index (χ4v) is 3.02. The maximum atomic E-state index is 13.2. The smallest absolute Gasteiger partial charge is 0.123 e. The van der Waals surface area contributed by atoms with E-state index in [0.717, 1.165) is 41.0 Å². The predicted molar refractivity (Wildman–Crippen MR) is 75.7 cm³/mol. The summed E-state index contributed by atoms with van der Waals surface area (Å²) in [5.41, 5.74) is 9.41. The van der Waals surface area contributed by atoms with Crippen LogP contribution in [0.3, 0.4) is 0 Å². The third kappa shape index (κ3) is 2.38. The van der Waals surface area contributed by atoms with Gasteiger partial charge in [0.05, 0.1) is 0 Å². The van der Waals surface area contributed by atoms with E-state index in [1.54, 1.807) is 6.07 Å². The molecule has 0 heterocycles. The van der Waals surface area contributed by atoms with Gasteiger partial charge >= 0.3 is 0 Å². The monoisotopic (exact) mass is 275 g/mol. The number of aryl methyl sites for hydroxylation is 1. The quantitative estimate of drug-likeness (QED) is 0.886. The molecule has 0 bridgehead atoms. The lowest BCUT2D eigenvalue weighted by Crippen LogP contribution is -2.36. The molecule has 1 nitrogen and oxygen atoms in total. The Morgan fingerprint density at radius 3 is 2.63 bits per heavy atom. The first-order valence-electron chi connectivity index (χ1n) is 6.39. The van der Waals surface area contributed by atoms with E-state index in [9.17, 15) is 4.39 Å². The summed E-state index contributed by atoms with van der Waals surface area (Å²) < 4.78 is 13.2. The predicted octanol–water partition coefficient (Wildman–Crippen LogP) is 3.82. The first kappa shape index (κ1) is 12.6. The van der Waals surface area contributed by atoms with E-state index in [2.05, 4.69) is 0 Å². The van der Waals surface area contributed by atoms with Crippen molar-refractivity contribution in [2.75, 3.05) is 0 Å². The van der Waals surface area contributed by atoms with E-state index in [1.807, 2.05) is 30.3 Å². The molecule has 1 unspecified atom stereocenters. The molecule has 2 aromatic rings. The highest BCUT2D eigenvalue weighted by Crippen LogP contribution is 2.37. The van der Waals surface area contributed by atoms with E-state index >= 15 is 0 Å². The van der Waals surface area contributed by atoms with Crippen LogP contribution in [-0.2, 0) is 18.4 Å². The molecule has 0 aliphatic heterocycles. The van der Waals surface area contributed by atoms with Crippen molar-refractivity contribution in [2.45, 2.75) is 24.8 Å². The minimum atomic E-state index is -0.392. The van der Waals surface area contributed by atoms with Crippen LogP contribution in [0.25, 0.3) is 0 Å². The molecule has 0 saturated heterocycles. The van der Waals surface area contributed by atoms with Gasteiger partial charge in [-0.15, -0.1) is 0 Å². The topological polar surface area (TPSA) is 26.0 Å². The Balaban J connectivity index is 1.92. The first-order valence-corrected chi connectivity index (χ1v) is 6.77. The Morgan fingerprint density at radius 2 is 1.89 bits per heavy atom. The summed E-state index contributed by atoms with van der Waals surface area (Å²) in [7, 11) is 0. The van der Waals surface area contributed by atoms with Gasteiger partial charge in [-0.3, -0.25) is 0 Å². The van der Waals surface area contributed by atoms with Gasteiger partial charge in [-0.05, 0) is 60.2 Å². The highest BCUT2D eigenvalue weighted by atomic mass is 35.5. The number of hydrogen-bond donors (Lipinski definition) is 1. The van der Waals surface area contributed by atoms with Gasteiger partial charge in [-0.1, -0.05) is 29.8 Å². The van der Waals surface area contributed by atoms with E-state index in [4.69, 9.17) is 17.3 Å². The van der Waals surface area contributed by atoms with Crippen LogP contribution in [0.4, 0.5) is 4.39 Å². The SMILES string of the molecule is NC1(Cc2ccc(Cl)cc2)CCc2cc(F)ccc21. The van der Waals surface area contributed by atoms with Crippen LogP contribution in [0.5, 0.6) is 0 Å². The van der Waals surface area contributed by atoms with Gasteiger partial charge in [0.2, 0.25) is 0 Å². The van der Waals surface area contributed by atoms with Crippen molar-refractivity contribution in [1.29, 1.82) is 0 Å². The second-order valence-corrected chi connectivity index (χ2v) is 5.70. The molecule has 3 rings (SSSR count). The molecule has 0 saturated carbocycles. The number of fused-ring (bicyclic) bond motifs is 1. The van der Waals surface area contributed by atoms with E-state index in [0.29, 0.717) is 0 Å². The molecule has 0 fully saturated rings. The Kier molecular flexibility index (Phi) is 3.08.